The molecule has 0 aliphatic heterocycles. The van der Waals surface area contributed by atoms with E-state index in [1.165, 1.54) is 33.7 Å². The quantitative estimate of drug-likeness (QED) is 0.757. The normalized spacial score (nSPS) is 10.9. The molecule has 0 unspecified atom stereocenters. The lowest BCUT2D eigenvalue weighted by Gasteiger charge is -2.05. The maximum atomic E-state index is 12.0. The predicted octanol–water partition coefficient (Wildman–Crippen LogP) is 2.64. The summed E-state index contributed by atoms with van der Waals surface area (Å²) < 4.78 is 1.30. The van der Waals surface area contributed by atoms with Gasteiger partial charge >= 0.3 is 0 Å². The molecule has 3 rings (SSSR count). The number of carbonyl (C=O) groups excluding carboxylic acids is 1. The molecule has 0 atom stereocenters. The second-order valence-corrected chi connectivity index (χ2v) is 7.45. The molecule has 1 N–H and O–H groups in total. The molecule has 24 heavy (non-hydrogen) atoms. The van der Waals surface area contributed by atoms with Crippen molar-refractivity contribution in [1.82, 2.24) is 14.6 Å². The van der Waals surface area contributed by atoms with Crippen LogP contribution in [-0.4, -0.2) is 26.3 Å². The minimum absolute atomic E-state index is 0.0738. The van der Waals surface area contributed by atoms with Crippen molar-refractivity contribution >= 4 is 39.7 Å². The first-order valence-electron chi connectivity index (χ1n) is 7.32. The van der Waals surface area contributed by atoms with Crippen LogP contribution in [0.25, 0.3) is 4.96 Å². The monoisotopic (exact) mass is 360 g/mol. The number of anilines is 1. The minimum atomic E-state index is -0.191. The van der Waals surface area contributed by atoms with E-state index >= 15 is 0 Å². The topological polar surface area (TPSA) is 76.4 Å². The summed E-state index contributed by atoms with van der Waals surface area (Å²) in [6.07, 6.45) is 0. The van der Waals surface area contributed by atoms with Crippen LogP contribution in [0.4, 0.5) is 5.69 Å². The summed E-state index contributed by atoms with van der Waals surface area (Å²) >= 11 is 2.80. The molecule has 1 aromatic carbocycles. The smallest absolute Gasteiger partial charge is 0.275 e. The largest absolute Gasteiger partial charge is 0.325 e. The van der Waals surface area contributed by atoms with Gasteiger partial charge in [-0.3, -0.25) is 9.59 Å². The second kappa shape index (κ2) is 7.14. The van der Waals surface area contributed by atoms with E-state index in [0.29, 0.717) is 22.2 Å². The van der Waals surface area contributed by atoms with Crippen LogP contribution in [-0.2, 0) is 10.5 Å². The zero-order valence-electron chi connectivity index (χ0n) is 13.3. The number of nitrogens with one attached hydrogen (secondary N) is 1. The molecule has 0 bridgehead atoms. The molecule has 0 saturated carbocycles. The SMILES string of the molecule is Cc1ccc(NC(=O)CSCc2cc(=O)n3nc(C)sc3n2)cc1. The van der Waals surface area contributed by atoms with Gasteiger partial charge < -0.3 is 5.32 Å². The van der Waals surface area contributed by atoms with Gasteiger partial charge in [0.25, 0.3) is 5.56 Å². The van der Waals surface area contributed by atoms with Crippen molar-refractivity contribution in [1.29, 1.82) is 0 Å². The van der Waals surface area contributed by atoms with Crippen LogP contribution in [0.2, 0.25) is 0 Å². The summed E-state index contributed by atoms with van der Waals surface area (Å²) in [5, 5.41) is 7.74. The first kappa shape index (κ1) is 16.7. The fraction of sp³-hybridized carbons (Fsp3) is 0.250. The molecule has 0 radical (unpaired) electrons. The second-order valence-electron chi connectivity index (χ2n) is 5.31. The number of hydrogen-bond donors (Lipinski definition) is 1. The molecule has 2 aromatic heterocycles. The highest BCUT2D eigenvalue weighted by Gasteiger charge is 2.08. The predicted molar refractivity (Wildman–Crippen MR) is 97.8 cm³/mol. The minimum Gasteiger partial charge on any atom is -0.325 e. The standard InChI is InChI=1S/C16H16N4O2S2/c1-10-3-5-12(6-4-10)17-14(21)9-23-8-13-7-15(22)20-16(18-13)24-11(2)19-20/h3-7H,8-9H2,1-2H3,(H,17,21). The Hall–Kier alpha value is -2.19. The van der Waals surface area contributed by atoms with E-state index < -0.39 is 0 Å². The summed E-state index contributed by atoms with van der Waals surface area (Å²) in [4.78, 5) is 28.9. The summed E-state index contributed by atoms with van der Waals surface area (Å²) in [6, 6.07) is 9.12. The molecule has 8 heteroatoms. The Morgan fingerprint density at radius 3 is 2.79 bits per heavy atom. The Bertz CT molecular complexity index is 931. The van der Waals surface area contributed by atoms with Crippen molar-refractivity contribution in [3.8, 4) is 0 Å². The third kappa shape index (κ3) is 4.01. The lowest BCUT2D eigenvalue weighted by atomic mass is 10.2. The summed E-state index contributed by atoms with van der Waals surface area (Å²) in [6.45, 7) is 3.83. The average Bonchev–Trinajstić information content (AvgIpc) is 2.91. The molecule has 1 amide bonds. The van der Waals surface area contributed by atoms with E-state index in [0.717, 1.165) is 16.3 Å². The molecule has 0 saturated heterocycles. The van der Waals surface area contributed by atoms with E-state index in [9.17, 15) is 9.59 Å². The van der Waals surface area contributed by atoms with Gasteiger partial charge in [0.1, 0.15) is 5.01 Å². The van der Waals surface area contributed by atoms with Crippen LogP contribution in [0.15, 0.2) is 35.1 Å². The lowest BCUT2D eigenvalue weighted by Crippen LogP contribution is -2.16. The van der Waals surface area contributed by atoms with Crippen molar-refractivity contribution in [3.63, 3.8) is 0 Å². The molecule has 0 spiro atoms. The lowest BCUT2D eigenvalue weighted by molar-refractivity contribution is -0.113. The van der Waals surface area contributed by atoms with Gasteiger partial charge in [-0.05, 0) is 26.0 Å². The van der Waals surface area contributed by atoms with Gasteiger partial charge in [0.2, 0.25) is 10.9 Å². The molecule has 0 aliphatic rings. The molecular formula is C16H16N4O2S2. The first-order valence-corrected chi connectivity index (χ1v) is 9.29. The van der Waals surface area contributed by atoms with E-state index in [2.05, 4.69) is 15.4 Å². The summed E-state index contributed by atoms with van der Waals surface area (Å²) in [7, 11) is 0. The maximum absolute atomic E-state index is 12.0. The molecular weight excluding hydrogens is 344 g/mol. The molecule has 124 valence electrons. The summed E-state index contributed by atoms with van der Waals surface area (Å²) in [5.41, 5.74) is 2.40. The fourth-order valence-corrected chi connectivity index (χ4v) is 3.59. The Balaban J connectivity index is 1.57. The third-order valence-corrected chi connectivity index (χ3v) is 5.01. The highest BCUT2D eigenvalue weighted by atomic mass is 32.2. The molecule has 6 nitrogen and oxygen atoms in total. The van der Waals surface area contributed by atoms with Crippen LogP contribution in [0, 0.1) is 13.8 Å². The maximum Gasteiger partial charge on any atom is 0.275 e. The van der Waals surface area contributed by atoms with Crippen molar-refractivity contribution in [2.75, 3.05) is 11.1 Å². The highest BCUT2D eigenvalue weighted by molar-refractivity contribution is 7.99. The van der Waals surface area contributed by atoms with E-state index in [1.807, 2.05) is 38.1 Å². The van der Waals surface area contributed by atoms with Gasteiger partial charge in [0.15, 0.2) is 0 Å². The van der Waals surface area contributed by atoms with Gasteiger partial charge in [0.05, 0.1) is 11.4 Å². The number of fused-ring (bicyclic) bond motifs is 1. The van der Waals surface area contributed by atoms with E-state index in [4.69, 9.17) is 0 Å². The first-order chi connectivity index (χ1) is 11.5. The van der Waals surface area contributed by atoms with Gasteiger partial charge in [-0.1, -0.05) is 29.0 Å². The Kier molecular flexibility index (Phi) is 4.96. The number of benzene rings is 1. The number of amides is 1. The molecule has 2 heterocycles. The van der Waals surface area contributed by atoms with Crippen molar-refractivity contribution < 1.29 is 4.79 Å². The van der Waals surface area contributed by atoms with Crippen LogP contribution >= 0.6 is 23.1 Å². The Morgan fingerprint density at radius 1 is 1.29 bits per heavy atom. The van der Waals surface area contributed by atoms with Gasteiger partial charge in [0, 0.05) is 17.5 Å². The van der Waals surface area contributed by atoms with Crippen LogP contribution < -0.4 is 10.9 Å². The number of aryl methyl sites for hydroxylation is 2. The van der Waals surface area contributed by atoms with Crippen molar-refractivity contribution in [2.24, 2.45) is 0 Å². The average molecular weight is 360 g/mol. The van der Waals surface area contributed by atoms with Crippen molar-refractivity contribution in [2.45, 2.75) is 19.6 Å². The number of thioether (sulfide) groups is 1. The zero-order chi connectivity index (χ0) is 17.1. The molecule has 0 aliphatic carbocycles. The molecule has 3 aromatic rings. The van der Waals surface area contributed by atoms with Gasteiger partial charge in [-0.25, -0.2) is 4.98 Å². The summed E-state index contributed by atoms with van der Waals surface area (Å²) in [5.74, 6) is 0.732. The molecule has 0 fully saturated rings. The van der Waals surface area contributed by atoms with Crippen LogP contribution in [0.1, 0.15) is 16.3 Å². The van der Waals surface area contributed by atoms with Crippen LogP contribution in [0.3, 0.4) is 0 Å². The Labute approximate surface area is 146 Å². The number of nitrogens with zero attached hydrogens (tertiary/aromatic N) is 3. The third-order valence-electron chi connectivity index (χ3n) is 3.22. The highest BCUT2D eigenvalue weighted by Crippen LogP contribution is 2.14. The van der Waals surface area contributed by atoms with E-state index in [1.54, 1.807) is 0 Å². The van der Waals surface area contributed by atoms with Crippen molar-refractivity contribution in [3.05, 3.63) is 57.0 Å². The fourth-order valence-electron chi connectivity index (χ4n) is 2.11. The zero-order valence-corrected chi connectivity index (χ0v) is 14.9. The van der Waals surface area contributed by atoms with Gasteiger partial charge in [-0.2, -0.15) is 9.61 Å². The number of aromatic nitrogens is 3. The van der Waals surface area contributed by atoms with Gasteiger partial charge in [-0.15, -0.1) is 11.8 Å². The number of carbonyl (C=O) groups is 1. The van der Waals surface area contributed by atoms with Crippen LogP contribution in [0.5, 0.6) is 0 Å². The number of rotatable bonds is 5. The number of hydrogen-bond acceptors (Lipinski definition) is 6. The Morgan fingerprint density at radius 2 is 2.04 bits per heavy atom. The van der Waals surface area contributed by atoms with E-state index in [-0.39, 0.29) is 11.5 Å².